The van der Waals surface area contributed by atoms with Crippen molar-refractivity contribution >= 4 is 15.5 Å². The third-order valence-corrected chi connectivity index (χ3v) is 6.15. The average molecular weight is 349 g/mol. The van der Waals surface area contributed by atoms with Crippen LogP contribution in [0.5, 0.6) is 0 Å². The maximum atomic E-state index is 12.9. The molecule has 1 N–H and O–H groups in total. The van der Waals surface area contributed by atoms with E-state index in [1.807, 2.05) is 0 Å². The van der Waals surface area contributed by atoms with Gasteiger partial charge in [-0.1, -0.05) is 12.1 Å². The van der Waals surface area contributed by atoms with Gasteiger partial charge in [0.25, 0.3) is 9.84 Å². The molecule has 1 saturated carbocycles. The molecule has 3 unspecified atom stereocenters. The maximum Gasteiger partial charge on any atom is 0.501 e. The lowest BCUT2D eigenvalue weighted by molar-refractivity contribution is -0.0435. The summed E-state index contributed by atoms with van der Waals surface area (Å²) in [5.41, 5.74) is -5.29. The number of hydrogen-bond acceptors (Lipinski definition) is 4. The molecule has 0 aromatic heterocycles. The Bertz CT molecular complexity index is 675. The number of ether oxygens (including phenoxy) is 1. The van der Waals surface area contributed by atoms with Gasteiger partial charge in [-0.25, -0.2) is 8.42 Å². The zero-order valence-electron chi connectivity index (χ0n) is 12.3. The van der Waals surface area contributed by atoms with Crippen molar-refractivity contribution in [2.75, 3.05) is 11.9 Å². The van der Waals surface area contributed by atoms with Gasteiger partial charge in [0.1, 0.15) is 0 Å². The van der Waals surface area contributed by atoms with E-state index < -0.39 is 20.2 Å². The third kappa shape index (κ3) is 3.06. The Balaban J connectivity index is 1.90. The Morgan fingerprint density at radius 2 is 1.87 bits per heavy atom. The van der Waals surface area contributed by atoms with Crippen LogP contribution in [0.15, 0.2) is 29.2 Å². The molecule has 2 fully saturated rings. The van der Waals surface area contributed by atoms with Crippen molar-refractivity contribution in [1.29, 1.82) is 0 Å². The molecule has 0 radical (unpaired) electrons. The lowest BCUT2D eigenvalue weighted by Gasteiger charge is -2.34. The molecular weight excluding hydrogens is 331 g/mol. The summed E-state index contributed by atoms with van der Waals surface area (Å²) in [6, 6.07) is 5.14. The van der Waals surface area contributed by atoms with E-state index in [2.05, 4.69) is 5.32 Å². The van der Waals surface area contributed by atoms with Crippen molar-refractivity contribution in [3.8, 4) is 0 Å². The Morgan fingerprint density at radius 3 is 2.61 bits per heavy atom. The minimum absolute atomic E-state index is 0.0161. The van der Waals surface area contributed by atoms with E-state index in [4.69, 9.17) is 4.74 Å². The molecule has 4 nitrogen and oxygen atoms in total. The van der Waals surface area contributed by atoms with Crippen molar-refractivity contribution in [2.24, 2.45) is 5.92 Å². The van der Waals surface area contributed by atoms with Crippen molar-refractivity contribution < 1.29 is 26.3 Å². The Hall–Kier alpha value is -1.28. The summed E-state index contributed by atoms with van der Waals surface area (Å²) in [6.07, 6.45) is 3.62. The van der Waals surface area contributed by atoms with Gasteiger partial charge in [-0.2, -0.15) is 13.2 Å². The van der Waals surface area contributed by atoms with Crippen molar-refractivity contribution in [1.82, 2.24) is 0 Å². The molecule has 0 bridgehead atoms. The quantitative estimate of drug-likeness (QED) is 0.909. The van der Waals surface area contributed by atoms with Gasteiger partial charge in [0.15, 0.2) is 0 Å². The Labute approximate surface area is 132 Å². The van der Waals surface area contributed by atoms with E-state index in [9.17, 15) is 21.6 Å². The number of sulfone groups is 1. The second kappa shape index (κ2) is 5.98. The summed E-state index contributed by atoms with van der Waals surface area (Å²) < 4.78 is 67.7. The maximum absolute atomic E-state index is 12.9. The molecule has 1 aromatic carbocycles. The molecule has 8 heteroatoms. The van der Waals surface area contributed by atoms with Gasteiger partial charge in [-0.05, 0) is 37.8 Å². The van der Waals surface area contributed by atoms with Crippen LogP contribution in [0.25, 0.3) is 0 Å². The summed E-state index contributed by atoms with van der Waals surface area (Å²) in [5, 5.41) is 3.04. The topological polar surface area (TPSA) is 55.4 Å². The smallest absolute Gasteiger partial charge is 0.381 e. The number of rotatable bonds is 3. The lowest BCUT2D eigenvalue weighted by atomic mass is 9.81. The van der Waals surface area contributed by atoms with Crippen LogP contribution in [0.3, 0.4) is 0 Å². The molecule has 23 heavy (non-hydrogen) atoms. The number of para-hydroxylation sites is 1. The summed E-state index contributed by atoms with van der Waals surface area (Å²) in [4.78, 5) is -0.714. The van der Waals surface area contributed by atoms with Crippen molar-refractivity contribution in [3.63, 3.8) is 0 Å². The van der Waals surface area contributed by atoms with Crippen LogP contribution in [-0.4, -0.2) is 32.7 Å². The molecule has 128 valence electrons. The molecule has 1 aliphatic heterocycles. The van der Waals surface area contributed by atoms with Gasteiger partial charge < -0.3 is 10.1 Å². The zero-order chi connectivity index (χ0) is 16.7. The van der Waals surface area contributed by atoms with Crippen LogP contribution in [0.4, 0.5) is 18.9 Å². The Kier molecular flexibility index (Phi) is 4.31. The number of halogens is 3. The highest BCUT2D eigenvalue weighted by Crippen LogP contribution is 2.39. The largest absolute Gasteiger partial charge is 0.501 e. The highest BCUT2D eigenvalue weighted by molar-refractivity contribution is 7.92. The first-order valence-electron chi connectivity index (χ1n) is 7.59. The van der Waals surface area contributed by atoms with Crippen LogP contribution >= 0.6 is 0 Å². The van der Waals surface area contributed by atoms with E-state index in [1.54, 1.807) is 0 Å². The number of nitrogens with one attached hydrogen (secondary N) is 1. The number of alkyl halides is 3. The molecule has 1 heterocycles. The van der Waals surface area contributed by atoms with Gasteiger partial charge >= 0.3 is 5.51 Å². The molecule has 1 aliphatic carbocycles. The molecule has 0 amide bonds. The van der Waals surface area contributed by atoms with Gasteiger partial charge in [0, 0.05) is 18.6 Å². The summed E-state index contributed by atoms with van der Waals surface area (Å²) in [7, 11) is -5.37. The summed E-state index contributed by atoms with van der Waals surface area (Å²) in [6.45, 7) is 0.649. The van der Waals surface area contributed by atoms with Gasteiger partial charge in [-0.15, -0.1) is 0 Å². The van der Waals surface area contributed by atoms with Crippen LogP contribution < -0.4 is 5.32 Å². The summed E-state index contributed by atoms with van der Waals surface area (Å²) >= 11 is 0. The standard InChI is InChI=1S/C15H18F3NO3S/c16-15(17,18)23(20,21)14-7-2-1-4-12(14)19-11-5-3-6-13-10(11)8-9-22-13/h1-2,4,7,10-11,13,19H,3,5-6,8-9H2. The van der Waals surface area contributed by atoms with Crippen LogP contribution in [0.1, 0.15) is 25.7 Å². The molecule has 2 aliphatic rings. The van der Waals surface area contributed by atoms with Gasteiger partial charge in [-0.3, -0.25) is 0 Å². The predicted octanol–water partition coefficient (Wildman–Crippen LogP) is 3.35. The van der Waals surface area contributed by atoms with Crippen LogP contribution in [0.2, 0.25) is 0 Å². The minimum atomic E-state index is -5.37. The van der Waals surface area contributed by atoms with Crippen molar-refractivity contribution in [2.45, 2.75) is 48.2 Å². The summed E-state index contributed by atoms with van der Waals surface area (Å²) in [5.74, 6) is 0.213. The third-order valence-electron chi connectivity index (χ3n) is 4.60. The van der Waals surface area contributed by atoms with Crippen LogP contribution in [-0.2, 0) is 14.6 Å². The highest BCUT2D eigenvalue weighted by atomic mass is 32.2. The van der Waals surface area contributed by atoms with E-state index in [-0.39, 0.29) is 23.8 Å². The highest BCUT2D eigenvalue weighted by Gasteiger charge is 2.48. The van der Waals surface area contributed by atoms with E-state index in [1.165, 1.54) is 18.2 Å². The van der Waals surface area contributed by atoms with Crippen LogP contribution in [0, 0.1) is 5.92 Å². The number of hydrogen-bond donors (Lipinski definition) is 1. The first-order chi connectivity index (χ1) is 10.8. The molecule has 1 aromatic rings. The number of anilines is 1. The average Bonchev–Trinajstić information content (AvgIpc) is 2.96. The van der Waals surface area contributed by atoms with Crippen molar-refractivity contribution in [3.05, 3.63) is 24.3 Å². The van der Waals surface area contributed by atoms with Gasteiger partial charge in [0.05, 0.1) is 16.7 Å². The lowest BCUT2D eigenvalue weighted by Crippen LogP contribution is -2.38. The fourth-order valence-electron chi connectivity index (χ4n) is 3.50. The second-order valence-corrected chi connectivity index (χ2v) is 7.90. The van der Waals surface area contributed by atoms with Gasteiger partial charge in [0.2, 0.25) is 0 Å². The predicted molar refractivity (Wildman–Crippen MR) is 78.8 cm³/mol. The second-order valence-electron chi connectivity index (χ2n) is 5.99. The number of fused-ring (bicyclic) bond motifs is 1. The minimum Gasteiger partial charge on any atom is -0.381 e. The zero-order valence-corrected chi connectivity index (χ0v) is 13.2. The SMILES string of the molecule is O=S(=O)(c1ccccc1NC1CCCC2OCCC12)C(F)(F)F. The fourth-order valence-corrected chi connectivity index (χ4v) is 4.42. The monoisotopic (exact) mass is 349 g/mol. The first-order valence-corrected chi connectivity index (χ1v) is 9.07. The normalized spacial score (nSPS) is 28.4. The Morgan fingerprint density at radius 1 is 1.13 bits per heavy atom. The first kappa shape index (κ1) is 16.6. The molecule has 1 saturated heterocycles. The molecule has 3 rings (SSSR count). The molecular formula is C15H18F3NO3S. The van der Waals surface area contributed by atoms with E-state index in [0.717, 1.165) is 31.7 Å². The van der Waals surface area contributed by atoms with E-state index in [0.29, 0.717) is 6.61 Å². The number of benzene rings is 1. The molecule has 0 spiro atoms. The van der Waals surface area contributed by atoms with E-state index >= 15 is 0 Å². The molecule has 3 atom stereocenters. The fraction of sp³-hybridized carbons (Fsp3) is 0.600.